The fourth-order valence-electron chi connectivity index (χ4n) is 2.05. The van der Waals surface area contributed by atoms with E-state index in [1.54, 1.807) is 7.11 Å². The van der Waals surface area contributed by atoms with Crippen LogP contribution in [0, 0.1) is 12.3 Å². The number of amides is 1. The summed E-state index contributed by atoms with van der Waals surface area (Å²) in [6.45, 7) is 0.142. The number of benzene rings is 2. The van der Waals surface area contributed by atoms with Crippen LogP contribution in [0.5, 0.6) is 5.75 Å². The van der Waals surface area contributed by atoms with Crippen molar-refractivity contribution in [3.8, 4) is 18.1 Å². The van der Waals surface area contributed by atoms with Gasteiger partial charge in [-0.15, -0.1) is 6.42 Å². The summed E-state index contributed by atoms with van der Waals surface area (Å²) in [5, 5.41) is 1.88. The van der Waals surface area contributed by atoms with Crippen LogP contribution in [0.3, 0.4) is 0 Å². The number of rotatable bonds is 3. The zero-order valence-electron chi connectivity index (χ0n) is 11.4. The largest absolute Gasteiger partial charge is 0.497 e. The van der Waals surface area contributed by atoms with E-state index in [1.165, 1.54) is 12.0 Å². The van der Waals surface area contributed by atoms with Crippen molar-refractivity contribution >= 4 is 22.6 Å². The minimum absolute atomic E-state index is 0.142. The van der Waals surface area contributed by atoms with Crippen LogP contribution in [0.4, 0.5) is 10.5 Å². The molecule has 0 aliphatic rings. The van der Waals surface area contributed by atoms with Gasteiger partial charge in [0.05, 0.1) is 26.5 Å². The highest BCUT2D eigenvalue weighted by Gasteiger charge is 2.17. The van der Waals surface area contributed by atoms with E-state index in [0.29, 0.717) is 5.69 Å². The van der Waals surface area contributed by atoms with Crippen LogP contribution in [0.15, 0.2) is 36.4 Å². The zero-order valence-corrected chi connectivity index (χ0v) is 11.4. The van der Waals surface area contributed by atoms with Gasteiger partial charge in [-0.05, 0) is 23.6 Å². The number of hydrogen-bond acceptors (Lipinski definition) is 3. The number of fused-ring (bicyclic) bond motifs is 1. The molecule has 2 aromatic rings. The second kappa shape index (κ2) is 5.98. The van der Waals surface area contributed by atoms with Crippen molar-refractivity contribution in [1.82, 2.24) is 0 Å². The van der Waals surface area contributed by atoms with Gasteiger partial charge in [-0.3, -0.25) is 4.90 Å². The fraction of sp³-hybridized carbons (Fsp3) is 0.188. The van der Waals surface area contributed by atoms with Crippen molar-refractivity contribution in [3.05, 3.63) is 36.4 Å². The van der Waals surface area contributed by atoms with Gasteiger partial charge >= 0.3 is 6.09 Å². The molecule has 2 aromatic carbocycles. The maximum atomic E-state index is 11.9. The predicted molar refractivity (Wildman–Crippen MR) is 79.1 cm³/mol. The van der Waals surface area contributed by atoms with Crippen molar-refractivity contribution in [1.29, 1.82) is 0 Å². The van der Waals surface area contributed by atoms with E-state index in [2.05, 4.69) is 5.92 Å². The number of carbonyl (C=O) groups excluding carboxylic acids is 1. The molecule has 0 unspecified atom stereocenters. The number of carbonyl (C=O) groups is 1. The maximum absolute atomic E-state index is 11.9. The molecule has 0 atom stereocenters. The van der Waals surface area contributed by atoms with Crippen molar-refractivity contribution in [3.63, 3.8) is 0 Å². The van der Waals surface area contributed by atoms with Crippen molar-refractivity contribution in [2.75, 3.05) is 25.7 Å². The fourth-order valence-corrected chi connectivity index (χ4v) is 2.05. The molecule has 4 nitrogen and oxygen atoms in total. The molecule has 0 fully saturated rings. The normalized spacial score (nSPS) is 9.85. The van der Waals surface area contributed by atoms with Crippen LogP contribution in [0.25, 0.3) is 10.8 Å². The van der Waals surface area contributed by atoms with E-state index in [-0.39, 0.29) is 6.54 Å². The average Bonchev–Trinajstić information content (AvgIpc) is 2.51. The molecule has 0 aliphatic heterocycles. The molecule has 0 saturated heterocycles. The summed E-state index contributed by atoms with van der Waals surface area (Å²) in [7, 11) is 2.93. The van der Waals surface area contributed by atoms with E-state index in [4.69, 9.17) is 15.9 Å². The second-order valence-electron chi connectivity index (χ2n) is 4.12. The first-order valence-electron chi connectivity index (χ1n) is 6.07. The Hall–Kier alpha value is -2.67. The van der Waals surface area contributed by atoms with E-state index < -0.39 is 6.09 Å². The Kier molecular flexibility index (Phi) is 4.11. The second-order valence-corrected chi connectivity index (χ2v) is 4.12. The van der Waals surface area contributed by atoms with Crippen LogP contribution in [-0.4, -0.2) is 26.9 Å². The summed E-state index contributed by atoms with van der Waals surface area (Å²) in [6.07, 6.45) is 4.85. The summed E-state index contributed by atoms with van der Waals surface area (Å²) in [5.74, 6) is 3.19. The minimum atomic E-state index is -0.488. The lowest BCUT2D eigenvalue weighted by atomic mass is 10.1. The molecule has 0 bridgehead atoms. The quantitative estimate of drug-likeness (QED) is 0.804. The number of hydrogen-bond donors (Lipinski definition) is 0. The minimum Gasteiger partial charge on any atom is -0.497 e. The van der Waals surface area contributed by atoms with Crippen LogP contribution in [0.1, 0.15) is 0 Å². The van der Waals surface area contributed by atoms with Gasteiger partial charge in [-0.1, -0.05) is 24.1 Å². The summed E-state index contributed by atoms with van der Waals surface area (Å²) in [5.41, 5.74) is 0.700. The Morgan fingerprint density at radius 1 is 1.30 bits per heavy atom. The van der Waals surface area contributed by atoms with Gasteiger partial charge in [-0.2, -0.15) is 0 Å². The standard InChI is InChI=1S/C16H15NO3/c1-4-10-17(16(18)20-3)15-7-5-6-12-8-9-13(19-2)11-14(12)15/h1,5-9,11H,10H2,2-3H3. The molecule has 0 heterocycles. The molecule has 1 amide bonds. The lowest BCUT2D eigenvalue weighted by Gasteiger charge is -2.20. The first-order chi connectivity index (χ1) is 9.71. The summed E-state index contributed by atoms with van der Waals surface area (Å²) in [4.78, 5) is 13.3. The Morgan fingerprint density at radius 2 is 2.10 bits per heavy atom. The van der Waals surface area contributed by atoms with Crippen LogP contribution < -0.4 is 9.64 Å². The van der Waals surface area contributed by atoms with Crippen molar-refractivity contribution in [2.24, 2.45) is 0 Å². The Morgan fingerprint density at radius 3 is 2.75 bits per heavy atom. The third-order valence-corrected chi connectivity index (χ3v) is 3.00. The molecule has 20 heavy (non-hydrogen) atoms. The van der Waals surface area contributed by atoms with Gasteiger partial charge in [-0.25, -0.2) is 4.79 Å². The van der Waals surface area contributed by atoms with Crippen LogP contribution >= 0.6 is 0 Å². The van der Waals surface area contributed by atoms with Crippen molar-refractivity contribution < 1.29 is 14.3 Å². The molecular weight excluding hydrogens is 254 g/mol. The molecular formula is C16H15NO3. The Balaban J connectivity index is 2.62. The third-order valence-electron chi connectivity index (χ3n) is 3.00. The lowest BCUT2D eigenvalue weighted by Crippen LogP contribution is -2.31. The zero-order chi connectivity index (χ0) is 14.5. The molecule has 0 radical (unpaired) electrons. The molecule has 0 aliphatic carbocycles. The molecule has 2 rings (SSSR count). The van der Waals surface area contributed by atoms with E-state index >= 15 is 0 Å². The molecule has 4 heteroatoms. The van der Waals surface area contributed by atoms with Gasteiger partial charge in [0, 0.05) is 5.39 Å². The molecule has 0 aromatic heterocycles. The number of methoxy groups -OCH3 is 2. The highest BCUT2D eigenvalue weighted by molar-refractivity contribution is 6.02. The monoisotopic (exact) mass is 269 g/mol. The smallest absolute Gasteiger partial charge is 0.414 e. The Labute approximate surface area is 117 Å². The lowest BCUT2D eigenvalue weighted by molar-refractivity contribution is 0.179. The summed E-state index contributed by atoms with van der Waals surface area (Å²) in [6, 6.07) is 11.3. The predicted octanol–water partition coefficient (Wildman–Crippen LogP) is 3.05. The van der Waals surface area contributed by atoms with Gasteiger partial charge < -0.3 is 9.47 Å². The number of anilines is 1. The van der Waals surface area contributed by atoms with Crippen LogP contribution in [-0.2, 0) is 4.74 Å². The van der Waals surface area contributed by atoms with Crippen LogP contribution in [0.2, 0.25) is 0 Å². The summed E-state index contributed by atoms with van der Waals surface area (Å²) < 4.78 is 10.0. The Bertz CT molecular complexity index is 673. The first kappa shape index (κ1) is 13.8. The molecule has 102 valence electrons. The van der Waals surface area contributed by atoms with E-state index in [9.17, 15) is 4.79 Å². The number of terminal acetylenes is 1. The van der Waals surface area contributed by atoms with Gasteiger partial charge in [0.1, 0.15) is 5.75 Å². The van der Waals surface area contributed by atoms with E-state index in [0.717, 1.165) is 16.5 Å². The average molecular weight is 269 g/mol. The van der Waals surface area contributed by atoms with Gasteiger partial charge in [0.25, 0.3) is 0 Å². The third kappa shape index (κ3) is 2.52. The molecule has 0 saturated carbocycles. The van der Waals surface area contributed by atoms with Gasteiger partial charge in [0.15, 0.2) is 0 Å². The number of nitrogens with zero attached hydrogens (tertiary/aromatic N) is 1. The maximum Gasteiger partial charge on any atom is 0.414 e. The first-order valence-corrected chi connectivity index (χ1v) is 6.07. The number of ether oxygens (including phenoxy) is 2. The molecule has 0 N–H and O–H groups in total. The summed E-state index contributed by atoms with van der Waals surface area (Å²) >= 11 is 0. The van der Waals surface area contributed by atoms with Crippen molar-refractivity contribution in [2.45, 2.75) is 0 Å². The topological polar surface area (TPSA) is 38.8 Å². The highest BCUT2D eigenvalue weighted by Crippen LogP contribution is 2.30. The van der Waals surface area contributed by atoms with E-state index in [1.807, 2.05) is 36.4 Å². The van der Waals surface area contributed by atoms with Gasteiger partial charge in [0.2, 0.25) is 0 Å². The SMILES string of the molecule is C#CCN(C(=O)OC)c1cccc2ccc(OC)cc12. The molecule has 0 spiro atoms. The highest BCUT2D eigenvalue weighted by atomic mass is 16.5.